The molecule has 0 amide bonds. The molecule has 11 heteroatoms. The van der Waals surface area contributed by atoms with Gasteiger partial charge in [0.05, 0.1) is 24.4 Å². The highest BCUT2D eigenvalue weighted by Crippen LogP contribution is 2.30. The molecule has 1 N–H and O–H groups in total. The van der Waals surface area contributed by atoms with Crippen LogP contribution in [0.5, 0.6) is 5.75 Å². The summed E-state index contributed by atoms with van der Waals surface area (Å²) in [6.07, 6.45) is -1.03. The number of benzene rings is 2. The Morgan fingerprint density at radius 1 is 1.12 bits per heavy atom. The Kier molecular flexibility index (Phi) is 8.52. The van der Waals surface area contributed by atoms with E-state index in [1.165, 1.54) is 31.2 Å². The van der Waals surface area contributed by atoms with E-state index in [-0.39, 0.29) is 23.9 Å². The standard InChI is InChI=1S/C29H27F4N5O2/c1-5-10-23(25(6-2)40-29(31,32)33)35-26-15-18(4)34-28(36-26)27-21-11-8-9-12-24(21)38(37-27)17-19-13-14-20(39-7-3)16-22(19)30/h5-6,8-16H,1,7,17H2,2-4H3,(H,34,35,36)/b23-10+,25-6+. The first kappa shape index (κ1) is 28.3. The van der Waals surface area contributed by atoms with Crippen LogP contribution < -0.4 is 10.1 Å². The maximum Gasteiger partial charge on any atom is 0.573 e. The van der Waals surface area contributed by atoms with Gasteiger partial charge in [0.2, 0.25) is 0 Å². The second-order valence-corrected chi connectivity index (χ2v) is 8.57. The van der Waals surface area contributed by atoms with Gasteiger partial charge in [-0.2, -0.15) is 5.10 Å². The van der Waals surface area contributed by atoms with Crippen LogP contribution in [-0.4, -0.2) is 32.7 Å². The van der Waals surface area contributed by atoms with Gasteiger partial charge in [0.25, 0.3) is 0 Å². The number of rotatable bonds is 10. The summed E-state index contributed by atoms with van der Waals surface area (Å²) in [6, 6.07) is 13.6. The van der Waals surface area contributed by atoms with Gasteiger partial charge < -0.3 is 14.8 Å². The summed E-state index contributed by atoms with van der Waals surface area (Å²) < 4.78 is 64.9. The fourth-order valence-electron chi connectivity index (χ4n) is 4.06. The number of alkyl halides is 3. The third-order valence-corrected chi connectivity index (χ3v) is 5.68. The van der Waals surface area contributed by atoms with E-state index in [0.717, 1.165) is 10.9 Å². The molecule has 0 aliphatic heterocycles. The molecule has 0 bridgehead atoms. The maximum atomic E-state index is 14.8. The van der Waals surface area contributed by atoms with E-state index in [1.807, 2.05) is 31.2 Å². The average molecular weight is 554 g/mol. The molecule has 0 radical (unpaired) electrons. The van der Waals surface area contributed by atoms with Gasteiger partial charge in [0.1, 0.15) is 28.8 Å². The molecular weight excluding hydrogens is 526 g/mol. The Labute approximate surface area is 228 Å². The number of ether oxygens (including phenoxy) is 2. The minimum absolute atomic E-state index is 0.000220. The molecular formula is C29H27F4N5O2. The zero-order valence-electron chi connectivity index (χ0n) is 22.1. The van der Waals surface area contributed by atoms with Gasteiger partial charge in [0.15, 0.2) is 5.82 Å². The van der Waals surface area contributed by atoms with Crippen molar-refractivity contribution in [1.29, 1.82) is 0 Å². The molecule has 0 fully saturated rings. The summed E-state index contributed by atoms with van der Waals surface area (Å²) in [7, 11) is 0. The van der Waals surface area contributed by atoms with Crippen molar-refractivity contribution in [3.05, 3.63) is 102 Å². The molecule has 2 aromatic heterocycles. The first-order valence-corrected chi connectivity index (χ1v) is 12.4. The van der Waals surface area contributed by atoms with Crippen molar-refractivity contribution in [3.8, 4) is 17.3 Å². The number of fused-ring (bicyclic) bond motifs is 1. The SMILES string of the molecule is C=C/C=C(Nc1cc(C)nc(-c2nn(Cc3ccc(OCC)cc3F)c3ccccc23)n1)\C(=C/C)OC(F)(F)F. The number of hydrogen-bond donors (Lipinski definition) is 1. The van der Waals surface area contributed by atoms with Crippen molar-refractivity contribution in [1.82, 2.24) is 19.7 Å². The summed E-state index contributed by atoms with van der Waals surface area (Å²) in [5.41, 5.74) is 2.12. The Morgan fingerprint density at radius 3 is 2.58 bits per heavy atom. The lowest BCUT2D eigenvalue weighted by Gasteiger charge is -2.17. The molecule has 0 unspecified atom stereocenters. The lowest BCUT2D eigenvalue weighted by atomic mass is 10.2. The summed E-state index contributed by atoms with van der Waals surface area (Å²) in [6.45, 7) is 9.11. The third-order valence-electron chi connectivity index (χ3n) is 5.68. The van der Waals surface area contributed by atoms with Crippen molar-refractivity contribution in [2.45, 2.75) is 33.7 Å². The number of aryl methyl sites for hydroxylation is 1. The van der Waals surface area contributed by atoms with Crippen molar-refractivity contribution in [3.63, 3.8) is 0 Å². The summed E-state index contributed by atoms with van der Waals surface area (Å²) >= 11 is 0. The van der Waals surface area contributed by atoms with Crippen LogP contribution >= 0.6 is 0 Å². The van der Waals surface area contributed by atoms with E-state index in [0.29, 0.717) is 29.3 Å². The molecule has 0 saturated heterocycles. The smallest absolute Gasteiger partial charge is 0.494 e. The number of anilines is 1. The number of nitrogens with zero attached hydrogens (tertiary/aromatic N) is 4. The molecule has 0 spiro atoms. The number of halogens is 4. The average Bonchev–Trinajstić information content (AvgIpc) is 3.26. The predicted octanol–water partition coefficient (Wildman–Crippen LogP) is 7.31. The molecule has 40 heavy (non-hydrogen) atoms. The lowest BCUT2D eigenvalue weighted by Crippen LogP contribution is -2.17. The molecule has 2 heterocycles. The van der Waals surface area contributed by atoms with Gasteiger partial charge in [-0.3, -0.25) is 4.68 Å². The first-order valence-electron chi connectivity index (χ1n) is 12.4. The minimum atomic E-state index is -4.88. The van der Waals surface area contributed by atoms with Crippen LogP contribution in [0.25, 0.3) is 22.4 Å². The topological polar surface area (TPSA) is 74.1 Å². The first-order chi connectivity index (χ1) is 19.1. The zero-order chi connectivity index (χ0) is 28.9. The van der Waals surface area contributed by atoms with Gasteiger partial charge in [-0.15, -0.1) is 13.2 Å². The van der Waals surface area contributed by atoms with Gasteiger partial charge >= 0.3 is 6.36 Å². The van der Waals surface area contributed by atoms with Crippen LogP contribution in [0.2, 0.25) is 0 Å². The van der Waals surface area contributed by atoms with E-state index >= 15 is 0 Å². The largest absolute Gasteiger partial charge is 0.573 e. The molecule has 7 nitrogen and oxygen atoms in total. The highest BCUT2D eigenvalue weighted by molar-refractivity contribution is 5.91. The van der Waals surface area contributed by atoms with Crippen LogP contribution in [0.3, 0.4) is 0 Å². The maximum absolute atomic E-state index is 14.8. The summed E-state index contributed by atoms with van der Waals surface area (Å²) in [4.78, 5) is 9.05. The molecule has 4 aromatic rings. The molecule has 4 rings (SSSR count). The quantitative estimate of drug-likeness (QED) is 0.126. The van der Waals surface area contributed by atoms with Crippen molar-refractivity contribution >= 4 is 16.7 Å². The van der Waals surface area contributed by atoms with Crippen molar-refractivity contribution in [2.75, 3.05) is 11.9 Å². The van der Waals surface area contributed by atoms with E-state index in [4.69, 9.17) is 9.84 Å². The van der Waals surface area contributed by atoms with E-state index in [1.54, 1.807) is 29.8 Å². The Hall–Kier alpha value is -4.67. The van der Waals surface area contributed by atoms with Crippen LogP contribution in [0, 0.1) is 12.7 Å². The highest BCUT2D eigenvalue weighted by Gasteiger charge is 2.33. The summed E-state index contributed by atoms with van der Waals surface area (Å²) in [5, 5.41) is 8.30. The van der Waals surface area contributed by atoms with Crippen LogP contribution in [0.4, 0.5) is 23.4 Å². The van der Waals surface area contributed by atoms with Gasteiger partial charge in [-0.1, -0.05) is 36.9 Å². The number of allylic oxidation sites excluding steroid dienone is 3. The van der Waals surface area contributed by atoms with E-state index < -0.39 is 17.9 Å². The third kappa shape index (κ3) is 6.66. The minimum Gasteiger partial charge on any atom is -0.494 e. The van der Waals surface area contributed by atoms with E-state index in [9.17, 15) is 17.6 Å². The normalized spacial score (nSPS) is 12.5. The molecule has 0 aliphatic carbocycles. The molecule has 208 valence electrons. The van der Waals surface area contributed by atoms with Gasteiger partial charge in [0, 0.05) is 28.8 Å². The van der Waals surface area contributed by atoms with Gasteiger partial charge in [-0.25, -0.2) is 14.4 Å². The van der Waals surface area contributed by atoms with Crippen LogP contribution in [0.1, 0.15) is 25.1 Å². The monoisotopic (exact) mass is 553 g/mol. The van der Waals surface area contributed by atoms with Crippen LogP contribution in [-0.2, 0) is 11.3 Å². The molecule has 2 aromatic carbocycles. The second kappa shape index (κ2) is 12.0. The Morgan fingerprint density at radius 2 is 1.90 bits per heavy atom. The summed E-state index contributed by atoms with van der Waals surface area (Å²) in [5.74, 6) is 0.0258. The van der Waals surface area contributed by atoms with Crippen LogP contribution in [0.15, 0.2) is 84.8 Å². The predicted molar refractivity (Wildman–Crippen MR) is 145 cm³/mol. The number of para-hydroxylation sites is 1. The number of aromatic nitrogens is 4. The Bertz CT molecular complexity index is 1590. The fraction of sp³-hybridized carbons (Fsp3) is 0.207. The fourth-order valence-corrected chi connectivity index (χ4v) is 4.06. The second-order valence-electron chi connectivity index (χ2n) is 8.57. The van der Waals surface area contributed by atoms with Crippen molar-refractivity contribution in [2.24, 2.45) is 0 Å². The lowest BCUT2D eigenvalue weighted by molar-refractivity contribution is -0.303. The van der Waals surface area contributed by atoms with Crippen molar-refractivity contribution < 1.29 is 27.0 Å². The van der Waals surface area contributed by atoms with Gasteiger partial charge in [-0.05, 0) is 45.1 Å². The number of nitrogens with one attached hydrogen (secondary N) is 1. The Balaban J connectivity index is 1.72. The highest BCUT2D eigenvalue weighted by atomic mass is 19.4. The van der Waals surface area contributed by atoms with E-state index in [2.05, 4.69) is 26.6 Å². The zero-order valence-corrected chi connectivity index (χ0v) is 22.1. The molecule has 0 saturated carbocycles. The molecule has 0 aliphatic rings. The number of hydrogen-bond acceptors (Lipinski definition) is 6. The molecule has 0 atom stereocenters.